The smallest absolute Gasteiger partial charge is 0.00667 e. The molecule has 1 nitrogen and oxygen atoms in total. The van der Waals surface area contributed by atoms with E-state index in [1.165, 1.54) is 25.7 Å². The van der Waals surface area contributed by atoms with Gasteiger partial charge in [0.05, 0.1) is 0 Å². The van der Waals surface area contributed by atoms with E-state index < -0.39 is 0 Å². The van der Waals surface area contributed by atoms with E-state index in [1.807, 2.05) is 0 Å². The molecule has 0 amide bonds. The number of nitrogens with one attached hydrogen (secondary N) is 1. The molecule has 4 atom stereocenters. The van der Waals surface area contributed by atoms with E-state index in [2.05, 4.69) is 19.3 Å². The monoisotopic (exact) mass is 195 g/mol. The molecule has 2 aliphatic carbocycles. The summed E-state index contributed by atoms with van der Waals surface area (Å²) in [4.78, 5) is 0. The first-order valence-electron chi connectivity index (χ1n) is 6.50. The maximum absolute atomic E-state index is 3.49. The van der Waals surface area contributed by atoms with Gasteiger partial charge in [-0.1, -0.05) is 19.8 Å². The Kier molecular flexibility index (Phi) is 3.48. The van der Waals surface area contributed by atoms with E-state index in [0.29, 0.717) is 0 Å². The van der Waals surface area contributed by atoms with Crippen LogP contribution in [0, 0.1) is 17.8 Å². The van der Waals surface area contributed by atoms with Gasteiger partial charge in [-0.25, -0.2) is 0 Å². The number of hydrogen-bond acceptors (Lipinski definition) is 1. The average molecular weight is 195 g/mol. The van der Waals surface area contributed by atoms with E-state index in [1.54, 1.807) is 19.3 Å². The van der Waals surface area contributed by atoms with Crippen molar-refractivity contribution >= 4 is 0 Å². The molecular formula is C13H25N. The first kappa shape index (κ1) is 10.5. The van der Waals surface area contributed by atoms with Crippen molar-refractivity contribution in [1.29, 1.82) is 0 Å². The van der Waals surface area contributed by atoms with Crippen molar-refractivity contribution in [1.82, 2.24) is 5.32 Å². The third-order valence-electron chi connectivity index (χ3n) is 4.52. The highest BCUT2D eigenvalue weighted by atomic mass is 14.9. The molecule has 1 heteroatoms. The Balaban J connectivity index is 1.79. The van der Waals surface area contributed by atoms with Gasteiger partial charge in [-0.05, 0) is 56.9 Å². The normalized spacial score (nSPS) is 37.7. The molecule has 0 saturated heterocycles. The second kappa shape index (κ2) is 4.65. The van der Waals surface area contributed by atoms with Crippen molar-refractivity contribution in [2.75, 3.05) is 7.05 Å². The van der Waals surface area contributed by atoms with Crippen molar-refractivity contribution in [2.24, 2.45) is 17.8 Å². The van der Waals surface area contributed by atoms with Crippen LogP contribution >= 0.6 is 0 Å². The molecule has 14 heavy (non-hydrogen) atoms. The third-order valence-corrected chi connectivity index (χ3v) is 4.52. The summed E-state index contributed by atoms with van der Waals surface area (Å²) in [6.07, 6.45) is 10.3. The van der Waals surface area contributed by atoms with Crippen LogP contribution in [-0.4, -0.2) is 13.1 Å². The van der Waals surface area contributed by atoms with Gasteiger partial charge in [0.25, 0.3) is 0 Å². The summed E-state index contributed by atoms with van der Waals surface area (Å²) in [7, 11) is 2.13. The first-order valence-corrected chi connectivity index (χ1v) is 6.50. The minimum atomic E-state index is 0.796. The molecule has 2 aliphatic rings. The summed E-state index contributed by atoms with van der Waals surface area (Å²) in [6, 6.07) is 0.796. The van der Waals surface area contributed by atoms with Crippen LogP contribution in [0.25, 0.3) is 0 Å². The Morgan fingerprint density at radius 2 is 2.14 bits per heavy atom. The molecule has 82 valence electrons. The van der Waals surface area contributed by atoms with Gasteiger partial charge in [-0.3, -0.25) is 0 Å². The minimum absolute atomic E-state index is 0.796. The van der Waals surface area contributed by atoms with Gasteiger partial charge in [0.1, 0.15) is 0 Å². The van der Waals surface area contributed by atoms with Crippen LogP contribution in [0.2, 0.25) is 0 Å². The topological polar surface area (TPSA) is 12.0 Å². The van der Waals surface area contributed by atoms with Gasteiger partial charge in [0, 0.05) is 6.04 Å². The van der Waals surface area contributed by atoms with E-state index in [0.717, 1.165) is 23.8 Å². The van der Waals surface area contributed by atoms with Crippen LogP contribution in [-0.2, 0) is 0 Å². The van der Waals surface area contributed by atoms with Crippen LogP contribution in [0.1, 0.15) is 51.9 Å². The zero-order valence-electron chi connectivity index (χ0n) is 9.76. The van der Waals surface area contributed by atoms with Gasteiger partial charge < -0.3 is 5.32 Å². The van der Waals surface area contributed by atoms with Crippen molar-refractivity contribution in [3.63, 3.8) is 0 Å². The fourth-order valence-corrected chi connectivity index (χ4v) is 3.76. The Labute approximate surface area is 88.7 Å². The Hall–Kier alpha value is -0.0400. The zero-order valence-corrected chi connectivity index (χ0v) is 9.76. The molecule has 2 bridgehead atoms. The Morgan fingerprint density at radius 3 is 2.64 bits per heavy atom. The lowest BCUT2D eigenvalue weighted by molar-refractivity contribution is 0.276. The van der Waals surface area contributed by atoms with E-state index in [-0.39, 0.29) is 0 Å². The summed E-state index contributed by atoms with van der Waals surface area (Å²) in [5, 5.41) is 3.49. The standard InChI is InChI=1S/C13H25N/c1-3-4-13(14-2)9-12-8-10-5-6-11(12)7-10/h10-14H,3-9H2,1-2H3. The molecule has 0 aromatic rings. The fourth-order valence-electron chi connectivity index (χ4n) is 3.76. The molecule has 0 aromatic carbocycles. The van der Waals surface area contributed by atoms with Crippen molar-refractivity contribution in [3.05, 3.63) is 0 Å². The van der Waals surface area contributed by atoms with Gasteiger partial charge in [-0.15, -0.1) is 0 Å². The summed E-state index contributed by atoms with van der Waals surface area (Å²) in [5.74, 6) is 3.29. The first-order chi connectivity index (χ1) is 6.83. The van der Waals surface area contributed by atoms with Crippen molar-refractivity contribution < 1.29 is 0 Å². The van der Waals surface area contributed by atoms with Crippen LogP contribution in [0.15, 0.2) is 0 Å². The van der Waals surface area contributed by atoms with Crippen LogP contribution in [0.5, 0.6) is 0 Å². The highest BCUT2D eigenvalue weighted by molar-refractivity contribution is 4.91. The van der Waals surface area contributed by atoms with Gasteiger partial charge in [-0.2, -0.15) is 0 Å². The second-order valence-electron chi connectivity index (χ2n) is 5.44. The SMILES string of the molecule is CCCC(CC1CC2CCC1C2)NC. The molecular weight excluding hydrogens is 170 g/mol. The molecule has 2 fully saturated rings. The molecule has 1 N–H and O–H groups in total. The maximum atomic E-state index is 3.49. The predicted octanol–water partition coefficient (Wildman–Crippen LogP) is 3.20. The van der Waals surface area contributed by atoms with Crippen LogP contribution in [0.3, 0.4) is 0 Å². The minimum Gasteiger partial charge on any atom is -0.317 e. The molecule has 0 spiro atoms. The average Bonchev–Trinajstić information content (AvgIpc) is 2.78. The summed E-state index contributed by atoms with van der Waals surface area (Å²) < 4.78 is 0. The van der Waals surface area contributed by atoms with Gasteiger partial charge in [0.2, 0.25) is 0 Å². The lowest BCUT2D eigenvalue weighted by Crippen LogP contribution is -2.29. The highest BCUT2D eigenvalue weighted by Gasteiger charge is 2.39. The summed E-state index contributed by atoms with van der Waals surface area (Å²) in [5.41, 5.74) is 0. The fraction of sp³-hybridized carbons (Fsp3) is 1.00. The predicted molar refractivity (Wildman–Crippen MR) is 61.3 cm³/mol. The quantitative estimate of drug-likeness (QED) is 0.710. The molecule has 2 saturated carbocycles. The molecule has 0 radical (unpaired) electrons. The van der Waals surface area contributed by atoms with Crippen molar-refractivity contribution in [3.8, 4) is 0 Å². The van der Waals surface area contributed by atoms with Crippen LogP contribution in [0.4, 0.5) is 0 Å². The largest absolute Gasteiger partial charge is 0.317 e. The second-order valence-corrected chi connectivity index (χ2v) is 5.44. The number of rotatable bonds is 5. The lowest BCUT2D eigenvalue weighted by Gasteiger charge is -2.26. The third kappa shape index (κ3) is 2.13. The molecule has 0 heterocycles. The summed E-state index contributed by atoms with van der Waals surface area (Å²) in [6.45, 7) is 2.30. The molecule has 0 aliphatic heterocycles. The van der Waals surface area contributed by atoms with Gasteiger partial charge >= 0.3 is 0 Å². The highest BCUT2D eigenvalue weighted by Crippen LogP contribution is 2.49. The van der Waals surface area contributed by atoms with E-state index >= 15 is 0 Å². The maximum Gasteiger partial charge on any atom is 0.00667 e. The van der Waals surface area contributed by atoms with E-state index in [4.69, 9.17) is 0 Å². The number of fused-ring (bicyclic) bond motifs is 2. The molecule has 4 unspecified atom stereocenters. The number of hydrogen-bond donors (Lipinski definition) is 1. The Morgan fingerprint density at radius 1 is 1.29 bits per heavy atom. The lowest BCUT2D eigenvalue weighted by atomic mass is 9.83. The van der Waals surface area contributed by atoms with Crippen molar-refractivity contribution in [2.45, 2.75) is 57.9 Å². The summed E-state index contributed by atoms with van der Waals surface area (Å²) >= 11 is 0. The van der Waals surface area contributed by atoms with E-state index in [9.17, 15) is 0 Å². The molecule has 2 rings (SSSR count). The zero-order chi connectivity index (χ0) is 9.97. The van der Waals surface area contributed by atoms with Crippen LogP contribution < -0.4 is 5.32 Å². The Bertz CT molecular complexity index is 178. The van der Waals surface area contributed by atoms with Gasteiger partial charge in [0.15, 0.2) is 0 Å². The molecule has 0 aromatic heterocycles.